The van der Waals surface area contributed by atoms with Crippen LogP contribution in [0, 0.1) is 0 Å². The molecule has 0 radical (unpaired) electrons. The number of nitrogens with one attached hydrogen (secondary N) is 2. The summed E-state index contributed by atoms with van der Waals surface area (Å²) in [4.78, 5) is 14.7. The van der Waals surface area contributed by atoms with Gasteiger partial charge in [-0.3, -0.25) is 9.69 Å². The van der Waals surface area contributed by atoms with Crippen LogP contribution >= 0.6 is 0 Å². The van der Waals surface area contributed by atoms with Gasteiger partial charge < -0.3 is 15.7 Å². The van der Waals surface area contributed by atoms with Crippen molar-refractivity contribution < 1.29 is 9.90 Å². The summed E-state index contributed by atoms with van der Waals surface area (Å²) in [7, 11) is 0. The molecule has 1 aromatic rings. The third-order valence-corrected chi connectivity index (χ3v) is 5.92. The number of benzene rings is 1. The van der Waals surface area contributed by atoms with E-state index in [1.807, 2.05) is 24.3 Å². The van der Waals surface area contributed by atoms with E-state index >= 15 is 0 Å². The first-order valence-electron chi connectivity index (χ1n) is 10.2. The van der Waals surface area contributed by atoms with Crippen LogP contribution in [0.15, 0.2) is 24.3 Å². The molecule has 1 aromatic carbocycles. The molecular weight excluding hydrogens is 326 g/mol. The molecule has 3 N–H and O–H groups in total. The predicted molar refractivity (Wildman–Crippen MR) is 105 cm³/mol. The largest absolute Gasteiger partial charge is 0.387 e. The van der Waals surface area contributed by atoms with E-state index in [-0.39, 0.29) is 11.9 Å². The molecule has 144 valence electrons. The average molecular weight is 360 g/mol. The summed E-state index contributed by atoms with van der Waals surface area (Å²) < 4.78 is 0. The Bertz CT molecular complexity index is 605. The van der Waals surface area contributed by atoms with E-state index in [1.54, 1.807) is 0 Å². The zero-order valence-electron chi connectivity index (χ0n) is 16.0. The van der Waals surface area contributed by atoms with Gasteiger partial charge in [-0.25, -0.2) is 0 Å². The predicted octanol–water partition coefficient (Wildman–Crippen LogP) is 2.55. The second-order valence-corrected chi connectivity index (χ2v) is 7.74. The quantitative estimate of drug-likeness (QED) is 0.655. The number of para-hydroxylation sites is 1. The molecule has 2 fully saturated rings. The SMILES string of the molecule is CCc1ccccc1NC(=O)CCNC[C@]1(O)CCCN2CCCC[C@@H]21. The Morgan fingerprint density at radius 3 is 2.92 bits per heavy atom. The summed E-state index contributed by atoms with van der Waals surface area (Å²) in [5.74, 6) is 0.0216. The number of amides is 1. The molecule has 5 nitrogen and oxygen atoms in total. The molecule has 2 atom stereocenters. The van der Waals surface area contributed by atoms with Crippen LogP contribution in [-0.2, 0) is 11.2 Å². The number of piperidine rings is 2. The number of fused-ring (bicyclic) bond motifs is 1. The van der Waals surface area contributed by atoms with Crippen LogP contribution in [0.1, 0.15) is 51.0 Å². The lowest BCUT2D eigenvalue weighted by molar-refractivity contribution is -0.116. The molecule has 5 heteroatoms. The van der Waals surface area contributed by atoms with E-state index in [0.29, 0.717) is 19.5 Å². The fourth-order valence-electron chi connectivity index (χ4n) is 4.50. The van der Waals surface area contributed by atoms with Gasteiger partial charge in [0.2, 0.25) is 5.91 Å². The van der Waals surface area contributed by atoms with Crippen molar-refractivity contribution in [2.24, 2.45) is 0 Å². The maximum atomic E-state index is 12.2. The maximum absolute atomic E-state index is 12.2. The zero-order valence-corrected chi connectivity index (χ0v) is 16.0. The molecule has 2 aliphatic rings. The van der Waals surface area contributed by atoms with Crippen LogP contribution < -0.4 is 10.6 Å². The lowest BCUT2D eigenvalue weighted by Gasteiger charge is -2.49. The lowest BCUT2D eigenvalue weighted by Crippen LogP contribution is -2.62. The fourth-order valence-corrected chi connectivity index (χ4v) is 4.50. The Balaban J connectivity index is 1.44. The van der Waals surface area contributed by atoms with E-state index in [2.05, 4.69) is 22.5 Å². The normalized spacial score (nSPS) is 26.3. The second kappa shape index (κ2) is 8.98. The summed E-state index contributed by atoms with van der Waals surface area (Å²) >= 11 is 0. The van der Waals surface area contributed by atoms with Crippen LogP contribution in [-0.4, -0.2) is 53.7 Å². The van der Waals surface area contributed by atoms with Crippen LogP contribution in [0.25, 0.3) is 0 Å². The first-order chi connectivity index (χ1) is 12.6. The molecule has 2 heterocycles. The molecule has 2 saturated heterocycles. The molecule has 0 bridgehead atoms. The highest BCUT2D eigenvalue weighted by atomic mass is 16.3. The van der Waals surface area contributed by atoms with Gasteiger partial charge in [0.1, 0.15) is 0 Å². The molecule has 0 spiro atoms. The number of rotatable bonds is 7. The lowest BCUT2D eigenvalue weighted by atomic mass is 9.79. The van der Waals surface area contributed by atoms with Crippen molar-refractivity contribution in [2.45, 2.75) is 63.5 Å². The summed E-state index contributed by atoms with van der Waals surface area (Å²) in [5, 5.41) is 17.5. The van der Waals surface area contributed by atoms with Gasteiger partial charge in [-0.2, -0.15) is 0 Å². The summed E-state index contributed by atoms with van der Waals surface area (Å²) in [6, 6.07) is 8.22. The zero-order chi connectivity index (χ0) is 18.4. The van der Waals surface area contributed by atoms with Crippen molar-refractivity contribution >= 4 is 11.6 Å². The van der Waals surface area contributed by atoms with Crippen LogP contribution in [0.4, 0.5) is 5.69 Å². The van der Waals surface area contributed by atoms with Crippen molar-refractivity contribution in [3.8, 4) is 0 Å². The Morgan fingerprint density at radius 2 is 2.08 bits per heavy atom. The first kappa shape index (κ1) is 19.3. The standard InChI is InChI=1S/C21H33N3O2/c1-2-17-8-3-4-9-18(17)23-20(25)11-13-22-16-21(26)12-7-15-24-14-6-5-10-19(21)24/h3-4,8-9,19,22,26H,2,5-7,10-16H2,1H3,(H,23,25)/t19-,21-/m1/s1. The third kappa shape index (κ3) is 4.64. The van der Waals surface area contributed by atoms with Crippen molar-refractivity contribution in [1.82, 2.24) is 10.2 Å². The summed E-state index contributed by atoms with van der Waals surface area (Å²) in [6.45, 7) is 5.49. The molecular formula is C21H33N3O2. The van der Waals surface area contributed by atoms with Gasteiger partial charge in [0.05, 0.1) is 5.60 Å². The van der Waals surface area contributed by atoms with E-state index in [4.69, 9.17) is 0 Å². The fraction of sp³-hybridized carbons (Fsp3) is 0.667. The first-order valence-corrected chi connectivity index (χ1v) is 10.2. The molecule has 0 aromatic heterocycles. The molecule has 2 aliphatic heterocycles. The van der Waals surface area contributed by atoms with Crippen molar-refractivity contribution in [2.75, 3.05) is 31.5 Å². The van der Waals surface area contributed by atoms with Gasteiger partial charge in [0, 0.05) is 31.2 Å². The van der Waals surface area contributed by atoms with Gasteiger partial charge in [-0.05, 0) is 56.8 Å². The van der Waals surface area contributed by atoms with E-state index in [1.165, 1.54) is 12.8 Å². The smallest absolute Gasteiger partial charge is 0.225 e. The molecule has 3 rings (SSSR count). The number of nitrogens with zero attached hydrogens (tertiary/aromatic N) is 1. The average Bonchev–Trinajstić information content (AvgIpc) is 2.66. The number of carbonyl (C=O) groups excluding carboxylic acids is 1. The number of aryl methyl sites for hydroxylation is 1. The number of anilines is 1. The number of hydrogen-bond acceptors (Lipinski definition) is 4. The summed E-state index contributed by atoms with van der Waals surface area (Å²) in [5.41, 5.74) is 1.41. The number of carbonyl (C=O) groups is 1. The minimum Gasteiger partial charge on any atom is -0.387 e. The van der Waals surface area contributed by atoms with Gasteiger partial charge in [-0.15, -0.1) is 0 Å². The molecule has 0 unspecified atom stereocenters. The highest BCUT2D eigenvalue weighted by Gasteiger charge is 2.43. The van der Waals surface area contributed by atoms with Crippen LogP contribution in [0.3, 0.4) is 0 Å². The second-order valence-electron chi connectivity index (χ2n) is 7.74. The number of aliphatic hydroxyl groups is 1. The molecule has 0 saturated carbocycles. The Labute approximate surface area is 157 Å². The summed E-state index contributed by atoms with van der Waals surface area (Å²) in [6.07, 6.45) is 6.79. The topological polar surface area (TPSA) is 64.6 Å². The Morgan fingerprint density at radius 1 is 1.27 bits per heavy atom. The minimum absolute atomic E-state index is 0.0216. The minimum atomic E-state index is -0.649. The van der Waals surface area contributed by atoms with Crippen molar-refractivity contribution in [1.29, 1.82) is 0 Å². The van der Waals surface area contributed by atoms with Crippen molar-refractivity contribution in [3.63, 3.8) is 0 Å². The van der Waals surface area contributed by atoms with Gasteiger partial charge in [0.25, 0.3) is 0 Å². The van der Waals surface area contributed by atoms with Crippen molar-refractivity contribution in [3.05, 3.63) is 29.8 Å². The van der Waals surface area contributed by atoms with Gasteiger partial charge >= 0.3 is 0 Å². The third-order valence-electron chi connectivity index (χ3n) is 5.92. The van der Waals surface area contributed by atoms with E-state index in [0.717, 1.165) is 50.0 Å². The highest BCUT2D eigenvalue weighted by molar-refractivity contribution is 5.91. The molecule has 1 amide bonds. The van der Waals surface area contributed by atoms with Gasteiger partial charge in [0.15, 0.2) is 0 Å². The Kier molecular flexibility index (Phi) is 6.68. The monoisotopic (exact) mass is 359 g/mol. The van der Waals surface area contributed by atoms with E-state index in [9.17, 15) is 9.90 Å². The van der Waals surface area contributed by atoms with Crippen LogP contribution in [0.2, 0.25) is 0 Å². The molecule has 26 heavy (non-hydrogen) atoms. The maximum Gasteiger partial charge on any atom is 0.225 e. The number of hydrogen-bond donors (Lipinski definition) is 3. The van der Waals surface area contributed by atoms with Crippen LogP contribution in [0.5, 0.6) is 0 Å². The van der Waals surface area contributed by atoms with E-state index < -0.39 is 5.60 Å². The Hall–Kier alpha value is -1.43. The van der Waals surface area contributed by atoms with Gasteiger partial charge in [-0.1, -0.05) is 31.5 Å². The molecule has 0 aliphatic carbocycles. The highest BCUT2D eigenvalue weighted by Crippen LogP contribution is 2.33.